The maximum Gasteiger partial charge on any atom is 0.149 e. The fraction of sp³-hybridized carbons (Fsp3) is 0.429. The van der Waals surface area contributed by atoms with E-state index in [1.54, 1.807) is 0 Å². The van der Waals surface area contributed by atoms with E-state index in [4.69, 9.17) is 0 Å². The molecular formula is C14H17FN4O. The quantitative estimate of drug-likeness (QED) is 0.826. The first-order valence-corrected chi connectivity index (χ1v) is 6.69. The standard InChI is InChI=1S/C14H17FN4O/c1-18-2-4-19(5-3-18)13-7-10(15)6-11-14(13)12(8-20)17-9-16-11/h6-9,12H,2-5H2,1H3,(H,16,17). The zero-order chi connectivity index (χ0) is 14.1. The number of piperazine rings is 1. The van der Waals surface area contributed by atoms with Crippen LogP contribution >= 0.6 is 0 Å². The molecule has 0 aromatic heterocycles. The highest BCUT2D eigenvalue weighted by atomic mass is 19.1. The molecular weight excluding hydrogens is 259 g/mol. The molecule has 1 fully saturated rings. The Hall–Kier alpha value is -1.95. The van der Waals surface area contributed by atoms with Crippen molar-refractivity contribution < 1.29 is 9.18 Å². The third-order valence-corrected chi connectivity index (χ3v) is 3.85. The van der Waals surface area contributed by atoms with Gasteiger partial charge < -0.3 is 19.9 Å². The highest BCUT2D eigenvalue weighted by molar-refractivity contribution is 5.88. The van der Waals surface area contributed by atoms with Gasteiger partial charge in [0.05, 0.1) is 6.34 Å². The molecule has 1 N–H and O–H groups in total. The van der Waals surface area contributed by atoms with Gasteiger partial charge in [0, 0.05) is 43.1 Å². The summed E-state index contributed by atoms with van der Waals surface area (Å²) < 4.78 is 13.8. The Balaban J connectivity index is 2.02. The van der Waals surface area contributed by atoms with Gasteiger partial charge in [-0.25, -0.2) is 4.39 Å². The second-order valence-corrected chi connectivity index (χ2v) is 5.18. The minimum absolute atomic E-state index is 0.301. The van der Waals surface area contributed by atoms with Gasteiger partial charge in [0.25, 0.3) is 0 Å². The summed E-state index contributed by atoms with van der Waals surface area (Å²) in [7, 11) is 2.07. The molecule has 0 bridgehead atoms. The number of aldehydes is 1. The predicted octanol–water partition coefficient (Wildman–Crippen LogP) is 1.27. The molecule has 3 rings (SSSR count). The average Bonchev–Trinajstić information content (AvgIpc) is 2.46. The van der Waals surface area contributed by atoms with E-state index in [1.807, 2.05) is 0 Å². The predicted molar refractivity (Wildman–Crippen MR) is 77.0 cm³/mol. The number of aliphatic imine (C=N–C) groups is 1. The molecule has 6 heteroatoms. The van der Waals surface area contributed by atoms with E-state index in [1.165, 1.54) is 18.5 Å². The minimum atomic E-state index is -0.554. The average molecular weight is 276 g/mol. The number of anilines is 2. The van der Waals surface area contributed by atoms with Crippen molar-refractivity contribution in [3.63, 3.8) is 0 Å². The number of hydrogen-bond donors (Lipinski definition) is 1. The minimum Gasteiger partial charge on any atom is -0.369 e. The zero-order valence-electron chi connectivity index (χ0n) is 11.3. The van der Waals surface area contributed by atoms with Gasteiger partial charge in [0.1, 0.15) is 18.1 Å². The Morgan fingerprint density at radius 2 is 2.10 bits per heavy atom. The molecule has 1 saturated heterocycles. The third-order valence-electron chi connectivity index (χ3n) is 3.85. The van der Waals surface area contributed by atoms with Crippen molar-refractivity contribution in [2.45, 2.75) is 6.04 Å². The number of rotatable bonds is 2. The monoisotopic (exact) mass is 276 g/mol. The fourth-order valence-corrected chi connectivity index (χ4v) is 2.71. The highest BCUT2D eigenvalue weighted by Crippen LogP contribution is 2.37. The van der Waals surface area contributed by atoms with Crippen molar-refractivity contribution in [2.75, 3.05) is 43.4 Å². The lowest BCUT2D eigenvalue weighted by Gasteiger charge is -2.36. The van der Waals surface area contributed by atoms with Crippen LogP contribution in [0, 0.1) is 5.82 Å². The summed E-state index contributed by atoms with van der Waals surface area (Å²) in [5.41, 5.74) is 2.18. The second-order valence-electron chi connectivity index (χ2n) is 5.18. The number of hydrogen-bond acceptors (Lipinski definition) is 5. The molecule has 0 radical (unpaired) electrons. The lowest BCUT2D eigenvalue weighted by Crippen LogP contribution is -2.45. The van der Waals surface area contributed by atoms with Crippen LogP contribution in [0.3, 0.4) is 0 Å². The van der Waals surface area contributed by atoms with Gasteiger partial charge in [-0.3, -0.25) is 4.99 Å². The number of nitrogens with one attached hydrogen (secondary N) is 1. The third kappa shape index (κ3) is 2.27. The van der Waals surface area contributed by atoms with Crippen molar-refractivity contribution in [1.29, 1.82) is 0 Å². The van der Waals surface area contributed by atoms with E-state index in [0.717, 1.165) is 43.7 Å². The van der Waals surface area contributed by atoms with Crippen molar-refractivity contribution in [2.24, 2.45) is 4.99 Å². The molecule has 1 unspecified atom stereocenters. The van der Waals surface area contributed by atoms with Gasteiger partial charge in [-0.15, -0.1) is 0 Å². The Morgan fingerprint density at radius 3 is 2.80 bits per heavy atom. The summed E-state index contributed by atoms with van der Waals surface area (Å²) in [6, 6.07) is 2.36. The van der Waals surface area contributed by atoms with Crippen LogP contribution in [0.2, 0.25) is 0 Å². The van der Waals surface area contributed by atoms with Crippen LogP contribution in [0.5, 0.6) is 0 Å². The van der Waals surface area contributed by atoms with Crippen molar-refractivity contribution in [1.82, 2.24) is 4.90 Å². The van der Waals surface area contributed by atoms with Crippen LogP contribution in [0.25, 0.3) is 0 Å². The molecule has 1 aromatic carbocycles. The van der Waals surface area contributed by atoms with Crippen molar-refractivity contribution in [3.05, 3.63) is 23.5 Å². The number of carbonyl (C=O) groups excluding carboxylic acids is 1. The first-order chi connectivity index (χ1) is 9.69. The molecule has 0 spiro atoms. The Kier molecular flexibility index (Phi) is 3.40. The molecule has 2 aliphatic rings. The zero-order valence-corrected chi connectivity index (χ0v) is 11.3. The van der Waals surface area contributed by atoms with E-state index in [-0.39, 0.29) is 5.82 Å². The first kappa shape index (κ1) is 13.1. The summed E-state index contributed by atoms with van der Waals surface area (Å²) in [6.07, 6.45) is 2.25. The maximum absolute atomic E-state index is 13.8. The van der Waals surface area contributed by atoms with E-state index >= 15 is 0 Å². The summed E-state index contributed by atoms with van der Waals surface area (Å²) in [5, 5.41) is 2.93. The normalized spacial score (nSPS) is 22.3. The molecule has 106 valence electrons. The summed E-state index contributed by atoms with van der Waals surface area (Å²) >= 11 is 0. The molecule has 5 nitrogen and oxygen atoms in total. The van der Waals surface area contributed by atoms with E-state index in [0.29, 0.717) is 5.69 Å². The largest absolute Gasteiger partial charge is 0.369 e. The van der Waals surface area contributed by atoms with Gasteiger partial charge in [-0.1, -0.05) is 0 Å². The van der Waals surface area contributed by atoms with Gasteiger partial charge in [-0.05, 0) is 19.2 Å². The molecule has 0 amide bonds. The molecule has 2 heterocycles. The fourth-order valence-electron chi connectivity index (χ4n) is 2.71. The van der Waals surface area contributed by atoms with Gasteiger partial charge in [0.15, 0.2) is 0 Å². The van der Waals surface area contributed by atoms with Crippen LogP contribution in [0.15, 0.2) is 17.1 Å². The van der Waals surface area contributed by atoms with E-state index in [2.05, 4.69) is 27.2 Å². The lowest BCUT2D eigenvalue weighted by atomic mass is 10.0. The second kappa shape index (κ2) is 5.20. The van der Waals surface area contributed by atoms with E-state index < -0.39 is 6.04 Å². The van der Waals surface area contributed by atoms with Crippen molar-refractivity contribution >= 4 is 24.0 Å². The number of likely N-dealkylation sites (N-methyl/N-ethyl adjacent to an activating group) is 1. The highest BCUT2D eigenvalue weighted by Gasteiger charge is 2.26. The van der Waals surface area contributed by atoms with E-state index in [9.17, 15) is 9.18 Å². The molecule has 0 saturated carbocycles. The van der Waals surface area contributed by atoms with Crippen LogP contribution in [-0.2, 0) is 4.79 Å². The van der Waals surface area contributed by atoms with Crippen LogP contribution in [0.1, 0.15) is 11.6 Å². The molecule has 0 aliphatic carbocycles. The number of halogens is 1. The molecule has 1 aromatic rings. The Bertz CT molecular complexity index is 552. The number of nitrogens with zero attached hydrogens (tertiary/aromatic N) is 3. The smallest absolute Gasteiger partial charge is 0.149 e. The summed E-state index contributed by atoms with van der Waals surface area (Å²) in [6.45, 7) is 3.49. The molecule has 1 atom stereocenters. The number of benzene rings is 1. The van der Waals surface area contributed by atoms with Crippen molar-refractivity contribution in [3.8, 4) is 0 Å². The first-order valence-electron chi connectivity index (χ1n) is 6.69. The number of carbonyl (C=O) groups is 1. The Morgan fingerprint density at radius 1 is 1.35 bits per heavy atom. The van der Waals surface area contributed by atoms with Gasteiger partial charge >= 0.3 is 0 Å². The number of fused-ring (bicyclic) bond motifs is 1. The Labute approximate surface area is 117 Å². The lowest BCUT2D eigenvalue weighted by molar-refractivity contribution is -0.108. The van der Waals surface area contributed by atoms with Gasteiger partial charge in [0.2, 0.25) is 0 Å². The molecule has 2 aliphatic heterocycles. The molecule has 20 heavy (non-hydrogen) atoms. The summed E-state index contributed by atoms with van der Waals surface area (Å²) in [5.74, 6) is -0.301. The SMILES string of the molecule is CN1CCN(c2cc(F)cc3c2C(C=O)N=CN3)CC1. The van der Waals surface area contributed by atoms with Gasteiger partial charge in [-0.2, -0.15) is 0 Å². The summed E-state index contributed by atoms with van der Waals surface area (Å²) in [4.78, 5) is 19.7. The van der Waals surface area contributed by atoms with Crippen LogP contribution in [-0.4, -0.2) is 50.8 Å². The maximum atomic E-state index is 13.8. The topological polar surface area (TPSA) is 47.9 Å². The van der Waals surface area contributed by atoms with Crippen LogP contribution < -0.4 is 10.2 Å². The van der Waals surface area contributed by atoms with Crippen LogP contribution in [0.4, 0.5) is 15.8 Å².